The van der Waals surface area contributed by atoms with E-state index in [2.05, 4.69) is 26.2 Å². The third-order valence-electron chi connectivity index (χ3n) is 6.00. The summed E-state index contributed by atoms with van der Waals surface area (Å²) in [6.07, 6.45) is 1.96. The third kappa shape index (κ3) is 4.82. The number of aromatic nitrogens is 1. The molecule has 2 aromatic carbocycles. The Balaban J connectivity index is 1.28. The van der Waals surface area contributed by atoms with Crippen LogP contribution in [0.2, 0.25) is 0 Å². The van der Waals surface area contributed by atoms with E-state index in [0.29, 0.717) is 44.5 Å². The molecule has 0 radical (unpaired) electrons. The number of H-pyrrole nitrogens is 1. The summed E-state index contributed by atoms with van der Waals surface area (Å²) >= 11 is 3.38. The molecule has 1 fully saturated rings. The Labute approximate surface area is 189 Å². The molecule has 1 aliphatic rings. The zero-order chi connectivity index (χ0) is 22.0. The van der Waals surface area contributed by atoms with E-state index in [-0.39, 0.29) is 23.5 Å². The summed E-state index contributed by atoms with van der Waals surface area (Å²) in [5, 5.41) is 3.89. The van der Waals surface area contributed by atoms with E-state index in [4.69, 9.17) is 0 Å². The Bertz CT molecular complexity index is 1100. The molecule has 1 aliphatic heterocycles. The summed E-state index contributed by atoms with van der Waals surface area (Å²) in [5.74, 6) is -0.315. The second-order valence-corrected chi connectivity index (χ2v) is 8.95. The van der Waals surface area contributed by atoms with Crippen molar-refractivity contribution >= 4 is 38.6 Å². The molecule has 4 rings (SSSR count). The number of nitrogens with zero attached hydrogens (tertiary/aromatic N) is 1. The highest BCUT2D eigenvalue weighted by atomic mass is 79.9. The number of benzene rings is 2. The fourth-order valence-electron chi connectivity index (χ4n) is 4.25. The number of halogens is 2. The molecule has 0 aliphatic carbocycles. The quantitative estimate of drug-likeness (QED) is 0.554. The lowest BCUT2D eigenvalue weighted by molar-refractivity contribution is -0.126. The first-order valence-corrected chi connectivity index (χ1v) is 11.3. The Morgan fingerprint density at radius 3 is 2.58 bits per heavy atom. The molecule has 2 heterocycles. The van der Waals surface area contributed by atoms with Crippen LogP contribution in [0.15, 0.2) is 46.9 Å². The molecule has 1 saturated heterocycles. The molecule has 2 amide bonds. The molecule has 0 bridgehead atoms. The molecule has 7 heteroatoms. The summed E-state index contributed by atoms with van der Waals surface area (Å²) in [4.78, 5) is 30.3. The topological polar surface area (TPSA) is 65.2 Å². The van der Waals surface area contributed by atoms with Crippen LogP contribution in [0, 0.1) is 18.7 Å². The van der Waals surface area contributed by atoms with Crippen LogP contribution in [0.25, 0.3) is 10.9 Å². The molecule has 162 valence electrons. The van der Waals surface area contributed by atoms with E-state index in [0.717, 1.165) is 26.6 Å². The van der Waals surface area contributed by atoms with Crippen molar-refractivity contribution in [2.24, 2.45) is 5.92 Å². The second-order valence-electron chi connectivity index (χ2n) is 8.03. The molecule has 3 aromatic rings. The van der Waals surface area contributed by atoms with Gasteiger partial charge >= 0.3 is 0 Å². The van der Waals surface area contributed by atoms with Crippen molar-refractivity contribution in [3.63, 3.8) is 0 Å². The minimum Gasteiger partial charge on any atom is -0.358 e. The molecule has 0 unspecified atom stereocenters. The maximum atomic E-state index is 13.6. The van der Waals surface area contributed by atoms with Gasteiger partial charge in [0, 0.05) is 52.2 Å². The lowest BCUT2D eigenvalue weighted by Gasteiger charge is -2.31. The molecule has 2 N–H and O–H groups in total. The highest BCUT2D eigenvalue weighted by Crippen LogP contribution is 2.24. The van der Waals surface area contributed by atoms with E-state index in [1.807, 2.05) is 36.1 Å². The molecule has 31 heavy (non-hydrogen) atoms. The lowest BCUT2D eigenvalue weighted by Crippen LogP contribution is -2.43. The number of carbonyl (C=O) groups is 2. The maximum absolute atomic E-state index is 13.6. The smallest absolute Gasteiger partial charge is 0.253 e. The van der Waals surface area contributed by atoms with Crippen LogP contribution in [0.4, 0.5) is 4.39 Å². The summed E-state index contributed by atoms with van der Waals surface area (Å²) in [6.45, 7) is 3.62. The Morgan fingerprint density at radius 1 is 1.16 bits per heavy atom. The predicted molar refractivity (Wildman–Crippen MR) is 122 cm³/mol. The van der Waals surface area contributed by atoms with Gasteiger partial charge in [-0.25, -0.2) is 4.39 Å². The van der Waals surface area contributed by atoms with Crippen LogP contribution in [0.3, 0.4) is 0 Å². The predicted octanol–water partition coefficient (Wildman–Crippen LogP) is 4.59. The first-order valence-electron chi connectivity index (χ1n) is 10.5. The summed E-state index contributed by atoms with van der Waals surface area (Å²) < 4.78 is 14.6. The fraction of sp³-hybridized carbons (Fsp3) is 0.333. The van der Waals surface area contributed by atoms with Gasteiger partial charge in [0.15, 0.2) is 0 Å². The Morgan fingerprint density at radius 2 is 1.87 bits per heavy atom. The second kappa shape index (κ2) is 9.22. The van der Waals surface area contributed by atoms with Crippen LogP contribution < -0.4 is 5.32 Å². The minimum absolute atomic E-state index is 0.00778. The van der Waals surface area contributed by atoms with Gasteiger partial charge in [0.05, 0.1) is 0 Å². The van der Waals surface area contributed by atoms with E-state index in [1.54, 1.807) is 6.07 Å². The standard InChI is InChI=1S/C24H25BrFN3O2/c1-15-20(21-14-19(26)6-7-22(21)28-15)8-11-27-23(30)16-9-12-29(13-10-16)24(31)17-2-4-18(25)5-3-17/h2-7,14,16,28H,8-13H2,1H3,(H,27,30). The molecule has 0 saturated carbocycles. The van der Waals surface area contributed by atoms with Crippen LogP contribution in [0.1, 0.15) is 34.5 Å². The number of hydrogen-bond acceptors (Lipinski definition) is 2. The SMILES string of the molecule is Cc1[nH]c2ccc(F)cc2c1CCNC(=O)C1CCN(C(=O)c2ccc(Br)cc2)CC1. The van der Waals surface area contributed by atoms with Gasteiger partial charge in [-0.3, -0.25) is 9.59 Å². The van der Waals surface area contributed by atoms with E-state index >= 15 is 0 Å². The van der Waals surface area contributed by atoms with Crippen molar-refractivity contribution in [3.8, 4) is 0 Å². The lowest BCUT2D eigenvalue weighted by atomic mass is 9.95. The number of rotatable bonds is 5. The van der Waals surface area contributed by atoms with Crippen LogP contribution in [0.5, 0.6) is 0 Å². The first-order chi connectivity index (χ1) is 14.9. The molecule has 1 aromatic heterocycles. The molecule has 0 spiro atoms. The monoisotopic (exact) mass is 485 g/mol. The first kappa shape index (κ1) is 21.6. The molecular weight excluding hydrogens is 461 g/mol. The van der Waals surface area contributed by atoms with Crippen molar-refractivity contribution in [2.75, 3.05) is 19.6 Å². The van der Waals surface area contributed by atoms with Gasteiger partial charge < -0.3 is 15.2 Å². The molecular formula is C24H25BrFN3O2. The number of piperidine rings is 1. The third-order valence-corrected chi connectivity index (χ3v) is 6.53. The average molecular weight is 486 g/mol. The normalized spacial score (nSPS) is 14.7. The number of aryl methyl sites for hydroxylation is 1. The summed E-state index contributed by atoms with van der Waals surface area (Å²) in [7, 11) is 0. The Kier molecular flexibility index (Phi) is 6.41. The average Bonchev–Trinajstić information content (AvgIpc) is 3.08. The van der Waals surface area contributed by atoms with E-state index < -0.39 is 0 Å². The largest absolute Gasteiger partial charge is 0.358 e. The number of carbonyl (C=O) groups excluding carboxylic acids is 2. The van der Waals surface area contributed by atoms with Crippen molar-refractivity contribution in [3.05, 3.63) is 69.6 Å². The van der Waals surface area contributed by atoms with Crippen LogP contribution in [-0.2, 0) is 11.2 Å². The van der Waals surface area contributed by atoms with Crippen molar-refractivity contribution in [1.29, 1.82) is 0 Å². The Hall–Kier alpha value is -2.67. The van der Waals surface area contributed by atoms with Gasteiger partial charge in [-0.15, -0.1) is 0 Å². The summed E-state index contributed by atoms with van der Waals surface area (Å²) in [5.41, 5.74) is 3.60. The fourth-order valence-corrected chi connectivity index (χ4v) is 4.52. The zero-order valence-corrected chi connectivity index (χ0v) is 19.0. The van der Waals surface area contributed by atoms with Crippen molar-refractivity contribution < 1.29 is 14.0 Å². The molecule has 5 nitrogen and oxygen atoms in total. The van der Waals surface area contributed by atoms with Crippen LogP contribution in [-0.4, -0.2) is 41.3 Å². The number of likely N-dealkylation sites (tertiary alicyclic amines) is 1. The van der Waals surface area contributed by atoms with Gasteiger partial charge in [-0.05, 0) is 74.2 Å². The zero-order valence-electron chi connectivity index (χ0n) is 17.4. The number of fused-ring (bicyclic) bond motifs is 1. The number of nitrogens with one attached hydrogen (secondary N) is 2. The maximum Gasteiger partial charge on any atom is 0.253 e. The van der Waals surface area contributed by atoms with E-state index in [9.17, 15) is 14.0 Å². The summed E-state index contributed by atoms with van der Waals surface area (Å²) in [6, 6.07) is 12.1. The van der Waals surface area contributed by atoms with E-state index in [1.165, 1.54) is 12.1 Å². The highest BCUT2D eigenvalue weighted by Gasteiger charge is 2.27. The molecule has 0 atom stereocenters. The van der Waals surface area contributed by atoms with Gasteiger partial charge in [-0.1, -0.05) is 15.9 Å². The van der Waals surface area contributed by atoms with Gasteiger partial charge in [0.2, 0.25) is 5.91 Å². The van der Waals surface area contributed by atoms with Crippen molar-refractivity contribution in [1.82, 2.24) is 15.2 Å². The van der Waals surface area contributed by atoms with Gasteiger partial charge in [0.1, 0.15) is 5.82 Å². The number of hydrogen-bond donors (Lipinski definition) is 2. The van der Waals surface area contributed by atoms with Crippen LogP contribution >= 0.6 is 15.9 Å². The number of aromatic amines is 1. The minimum atomic E-state index is -0.263. The van der Waals surface area contributed by atoms with Crippen molar-refractivity contribution in [2.45, 2.75) is 26.2 Å². The number of amides is 2. The van der Waals surface area contributed by atoms with Gasteiger partial charge in [-0.2, -0.15) is 0 Å². The van der Waals surface area contributed by atoms with Gasteiger partial charge in [0.25, 0.3) is 5.91 Å². The highest BCUT2D eigenvalue weighted by molar-refractivity contribution is 9.10.